The number of piperazine rings is 1. The van der Waals surface area contributed by atoms with E-state index in [-0.39, 0.29) is 12.4 Å². The monoisotopic (exact) mass is 1050 g/mol. The molecule has 52 heavy (non-hydrogen) atoms. The Morgan fingerprint density at radius 1 is 0.731 bits per heavy atom. The van der Waals surface area contributed by atoms with Crippen LogP contribution in [0.25, 0.3) is 22.1 Å². The first kappa shape index (κ1) is 41.6. The largest absolute Gasteiger partial charge is 0.478 e. The van der Waals surface area contributed by atoms with Crippen molar-refractivity contribution in [1.29, 1.82) is 0 Å². The topological polar surface area (TPSA) is 129 Å². The molecule has 0 atom stereocenters. The lowest BCUT2D eigenvalue weighted by Gasteiger charge is -2.29. The summed E-state index contributed by atoms with van der Waals surface area (Å²) in [7, 11) is 2.22. The maximum atomic E-state index is 9.55. The summed E-state index contributed by atoms with van der Waals surface area (Å²) < 4.78 is 10.6. The number of hydrogen-bond donors (Lipinski definition) is 3. The Morgan fingerprint density at radius 2 is 1.27 bits per heavy atom. The quantitative estimate of drug-likeness (QED) is 0.136. The van der Waals surface area contributed by atoms with Crippen LogP contribution in [-0.2, 0) is 35.5 Å². The fourth-order valence-corrected chi connectivity index (χ4v) is 10.3. The number of imidazole rings is 2. The van der Waals surface area contributed by atoms with Crippen molar-refractivity contribution in [3.63, 3.8) is 0 Å². The molecule has 2 aromatic heterocycles. The molecule has 0 amide bonds. The first-order chi connectivity index (χ1) is 24.4. The van der Waals surface area contributed by atoms with E-state index in [0.717, 1.165) is 77.0 Å². The van der Waals surface area contributed by atoms with Crippen molar-refractivity contribution < 1.29 is 19.8 Å². The number of aromatic nitrogens is 4. The fourth-order valence-electron chi connectivity index (χ4n) is 7.43. The molecule has 0 saturated carbocycles. The number of hydrogen-bond acceptors (Lipinski definition) is 7. The van der Waals surface area contributed by atoms with E-state index < -0.39 is 11.9 Å². The zero-order valence-corrected chi connectivity index (χ0v) is 37.6. The fraction of sp³-hybridized carbons (Fsp3) is 0.486. The number of carboxylic acid groups (broad SMARTS) is 2. The Kier molecular flexibility index (Phi) is 14.4. The summed E-state index contributed by atoms with van der Waals surface area (Å²) in [6.07, 6.45) is 8.22. The van der Waals surface area contributed by atoms with Gasteiger partial charge in [-0.25, -0.2) is 19.6 Å². The van der Waals surface area contributed by atoms with Gasteiger partial charge in [-0.05, 0) is 162 Å². The van der Waals surface area contributed by atoms with Crippen LogP contribution in [-0.4, -0.2) is 92.5 Å². The molecule has 2 fully saturated rings. The van der Waals surface area contributed by atoms with E-state index in [4.69, 9.17) is 20.2 Å². The Hall–Kier alpha value is -1.53. The third-order valence-electron chi connectivity index (χ3n) is 9.99. The van der Waals surface area contributed by atoms with E-state index in [0.29, 0.717) is 18.1 Å². The van der Waals surface area contributed by atoms with Crippen LogP contribution in [0, 0.1) is 6.92 Å². The van der Waals surface area contributed by atoms with E-state index in [1.165, 1.54) is 86.8 Å². The van der Waals surface area contributed by atoms with E-state index >= 15 is 0 Å². The molecular formula is C35H41Br5ClN7O4. The van der Waals surface area contributed by atoms with Crippen molar-refractivity contribution >= 4 is 132 Å². The molecule has 6 heterocycles. The minimum Gasteiger partial charge on any atom is -0.478 e. The highest BCUT2D eigenvalue weighted by Gasteiger charge is 2.30. The molecule has 2 saturated heterocycles. The van der Waals surface area contributed by atoms with Crippen LogP contribution in [0.2, 0.25) is 0 Å². The van der Waals surface area contributed by atoms with Gasteiger partial charge >= 0.3 is 11.9 Å². The smallest absolute Gasteiger partial charge is 0.328 e. The molecule has 11 nitrogen and oxygen atoms in total. The van der Waals surface area contributed by atoms with E-state index in [1.807, 2.05) is 0 Å². The number of halogens is 6. The second-order valence-corrected chi connectivity index (χ2v) is 17.2. The van der Waals surface area contributed by atoms with Crippen molar-refractivity contribution in [3.05, 3.63) is 57.0 Å². The summed E-state index contributed by atoms with van der Waals surface area (Å²) in [6, 6.07) is 0. The minimum atomic E-state index is -1.26. The lowest BCUT2D eigenvalue weighted by atomic mass is 9.96. The van der Waals surface area contributed by atoms with E-state index in [1.54, 1.807) is 0 Å². The van der Waals surface area contributed by atoms with Crippen molar-refractivity contribution in [2.45, 2.75) is 64.5 Å². The zero-order valence-electron chi connectivity index (χ0n) is 28.8. The number of benzene rings is 2. The van der Waals surface area contributed by atoms with Gasteiger partial charge < -0.3 is 34.5 Å². The number of carbonyl (C=O) groups is 2. The average Bonchev–Trinajstić information content (AvgIpc) is 3.72. The molecule has 4 aliphatic heterocycles. The van der Waals surface area contributed by atoms with Crippen molar-refractivity contribution in [3.8, 4) is 0 Å². The molecule has 4 aliphatic rings. The number of rotatable bonds is 4. The predicted molar refractivity (Wildman–Crippen MR) is 226 cm³/mol. The second-order valence-electron chi connectivity index (χ2n) is 13.3. The number of anilines is 1. The van der Waals surface area contributed by atoms with Crippen LogP contribution in [0.1, 0.15) is 54.1 Å². The molecule has 0 aliphatic carbocycles. The van der Waals surface area contributed by atoms with Crippen LogP contribution in [0.4, 0.5) is 5.95 Å². The first-order valence-electron chi connectivity index (χ1n) is 17.1. The highest BCUT2D eigenvalue weighted by atomic mass is 79.9. The van der Waals surface area contributed by atoms with Gasteiger partial charge in [0.25, 0.3) is 0 Å². The Balaban J connectivity index is 0.000000165. The number of carboxylic acids is 2. The van der Waals surface area contributed by atoms with Crippen LogP contribution >= 0.6 is 92.1 Å². The van der Waals surface area contributed by atoms with Gasteiger partial charge in [-0.3, -0.25) is 0 Å². The average molecular weight is 1060 g/mol. The van der Waals surface area contributed by atoms with Crippen molar-refractivity contribution in [2.24, 2.45) is 0 Å². The molecule has 8 rings (SSSR count). The van der Waals surface area contributed by atoms with Crippen LogP contribution < -0.4 is 10.2 Å². The zero-order chi connectivity index (χ0) is 36.6. The third kappa shape index (κ3) is 8.48. The lowest BCUT2D eigenvalue weighted by molar-refractivity contribution is -0.134. The van der Waals surface area contributed by atoms with Gasteiger partial charge in [-0.15, -0.1) is 12.4 Å². The SMILES string of the molecule is Brc1c(Br)c2c3c(nc(N4CCNCC4)n3CCC2)c1Br.Cc1c(Br)c(Br)c2c3c1nc(C1CCN(C)CC1)n3CCC2.Cl.O=C(O)/C=C\C(=O)O. The summed E-state index contributed by atoms with van der Waals surface area (Å²) in [4.78, 5) is 34.0. The van der Waals surface area contributed by atoms with Gasteiger partial charge in [-0.1, -0.05) is 0 Å². The standard InChI is InChI=1S/C17H21Br2N3.C14H15Br3N4.C4H4O4.ClH/c1-10-13(18)14(19)12-4-3-7-22-16(12)15(10)20-17(22)11-5-8-21(2)9-6-11;15-9-8-2-1-5-21-13(8)12(11(17)10(9)16)19-14(21)20-6-3-18-4-7-20;5-3(6)1-2-4(7)8;/h11H,3-9H2,1-2H3;18H,1-7H2;1-2H,(H,5,6)(H,7,8);1H/b;;2-1-;. The second kappa shape index (κ2) is 17.9. The minimum absolute atomic E-state index is 0. The van der Waals surface area contributed by atoms with Gasteiger partial charge in [0.2, 0.25) is 5.95 Å². The van der Waals surface area contributed by atoms with Crippen molar-refractivity contribution in [1.82, 2.24) is 29.3 Å². The van der Waals surface area contributed by atoms with Gasteiger partial charge in [0.1, 0.15) is 11.3 Å². The number of piperidine rings is 1. The third-order valence-corrected chi connectivity index (χ3v) is 15.9. The Labute approximate surface area is 351 Å². The van der Waals surface area contributed by atoms with Gasteiger partial charge in [0, 0.05) is 75.2 Å². The number of nitrogens with one attached hydrogen (secondary N) is 1. The first-order valence-corrected chi connectivity index (χ1v) is 21.1. The van der Waals surface area contributed by atoms with Gasteiger partial charge in [0.05, 0.1) is 21.0 Å². The summed E-state index contributed by atoms with van der Waals surface area (Å²) in [6.45, 7) is 10.9. The van der Waals surface area contributed by atoms with Gasteiger partial charge in [-0.2, -0.15) is 0 Å². The molecule has 0 radical (unpaired) electrons. The maximum absolute atomic E-state index is 9.55. The summed E-state index contributed by atoms with van der Waals surface area (Å²) in [5.74, 6) is 0.557. The summed E-state index contributed by atoms with van der Waals surface area (Å²) in [5, 5.41) is 19.0. The highest BCUT2D eigenvalue weighted by Crippen LogP contribution is 2.45. The molecule has 0 spiro atoms. The van der Waals surface area contributed by atoms with Crippen LogP contribution in [0.15, 0.2) is 34.5 Å². The van der Waals surface area contributed by atoms with Crippen LogP contribution in [0.5, 0.6) is 0 Å². The molecule has 0 unspecified atom stereocenters. The molecule has 0 bridgehead atoms. The van der Waals surface area contributed by atoms with E-state index in [9.17, 15) is 9.59 Å². The Morgan fingerprint density at radius 3 is 1.85 bits per heavy atom. The maximum Gasteiger partial charge on any atom is 0.328 e. The number of nitrogens with zero attached hydrogens (tertiary/aromatic N) is 6. The molecule has 17 heteroatoms. The molecule has 282 valence electrons. The summed E-state index contributed by atoms with van der Waals surface area (Å²) >= 11 is 18.7. The molecule has 4 aromatic rings. The summed E-state index contributed by atoms with van der Waals surface area (Å²) in [5.41, 5.74) is 9.03. The van der Waals surface area contributed by atoms with E-state index in [2.05, 4.69) is 118 Å². The number of likely N-dealkylation sites (tertiary alicyclic amines) is 1. The predicted octanol–water partition coefficient (Wildman–Crippen LogP) is 8.44. The van der Waals surface area contributed by atoms with Crippen molar-refractivity contribution in [2.75, 3.05) is 51.2 Å². The Bertz CT molecular complexity index is 2000. The molecular weight excluding hydrogens is 1020 g/mol. The normalized spacial score (nSPS) is 17.4. The molecule has 3 N–H and O–H groups in total. The van der Waals surface area contributed by atoms with Gasteiger partial charge in [0.15, 0.2) is 0 Å². The highest BCUT2D eigenvalue weighted by molar-refractivity contribution is 9.14. The lowest BCUT2D eigenvalue weighted by Crippen LogP contribution is -2.44. The number of aryl methyl sites for hydroxylation is 5. The number of aliphatic carboxylic acids is 2. The molecule has 2 aromatic carbocycles. The van der Waals surface area contributed by atoms with Crippen LogP contribution in [0.3, 0.4) is 0 Å².